The summed E-state index contributed by atoms with van der Waals surface area (Å²) in [5.41, 5.74) is -0.532. The molecule has 3 heterocycles. The Kier molecular flexibility index (Phi) is 4.02. The first-order valence-electron chi connectivity index (χ1n) is 7.69. The van der Waals surface area contributed by atoms with Crippen LogP contribution in [0.15, 0.2) is 18.5 Å². The Hall–Kier alpha value is -2.07. The number of hydrogen-bond donors (Lipinski definition) is 0. The second-order valence-corrected chi connectivity index (χ2v) is 6.35. The highest BCUT2D eigenvalue weighted by molar-refractivity contribution is 5.83. The van der Waals surface area contributed by atoms with Crippen LogP contribution in [0.3, 0.4) is 0 Å². The van der Waals surface area contributed by atoms with Crippen LogP contribution in [0, 0.1) is 16.7 Å². The van der Waals surface area contributed by atoms with E-state index >= 15 is 0 Å². The molecule has 5 nitrogen and oxygen atoms in total. The Morgan fingerprint density at radius 1 is 1.43 bits per heavy atom. The average Bonchev–Trinajstić information content (AvgIpc) is 2.92. The van der Waals surface area contributed by atoms with Crippen molar-refractivity contribution >= 4 is 5.91 Å². The highest BCUT2D eigenvalue weighted by Crippen LogP contribution is 2.42. The van der Waals surface area contributed by atoms with Crippen LogP contribution in [0.4, 0.5) is 8.78 Å². The molecule has 0 saturated carbocycles. The lowest BCUT2D eigenvalue weighted by Gasteiger charge is -2.35. The molecule has 2 aliphatic heterocycles. The topological polar surface area (TPSA) is 60.2 Å². The van der Waals surface area contributed by atoms with E-state index in [1.54, 1.807) is 12.3 Å². The second kappa shape index (κ2) is 5.85. The summed E-state index contributed by atoms with van der Waals surface area (Å²) in [6.07, 6.45) is 1.75. The summed E-state index contributed by atoms with van der Waals surface area (Å²) in [7, 11) is 0. The number of nitrogens with zero attached hydrogens (tertiary/aromatic N) is 4. The Morgan fingerprint density at radius 2 is 2.22 bits per heavy atom. The Labute approximate surface area is 133 Å². The normalized spacial score (nSPS) is 28.6. The standard InChI is InChI=1S/C16H18F2N4O/c1-16(14(17)18)4-2-5-21-6-3-13(22(21)15(16)23)12-7-11(8-19)9-20-10-12/h7,9-10,13-14H,2-6H2,1H3. The molecule has 7 heteroatoms. The molecule has 23 heavy (non-hydrogen) atoms. The molecule has 0 aromatic carbocycles. The van der Waals surface area contributed by atoms with Gasteiger partial charge in [-0.3, -0.25) is 14.8 Å². The summed E-state index contributed by atoms with van der Waals surface area (Å²) in [6, 6.07) is 3.37. The van der Waals surface area contributed by atoms with Crippen LogP contribution < -0.4 is 0 Å². The average molecular weight is 320 g/mol. The molecule has 2 aliphatic rings. The van der Waals surface area contributed by atoms with Gasteiger partial charge in [0.15, 0.2) is 0 Å². The fourth-order valence-electron chi connectivity index (χ4n) is 3.40. The third-order valence-electron chi connectivity index (χ3n) is 4.82. The van der Waals surface area contributed by atoms with Gasteiger partial charge >= 0.3 is 0 Å². The maximum absolute atomic E-state index is 13.5. The maximum Gasteiger partial charge on any atom is 0.252 e. The number of amides is 1. The van der Waals surface area contributed by atoms with Gasteiger partial charge in [-0.25, -0.2) is 13.8 Å². The monoisotopic (exact) mass is 320 g/mol. The fraction of sp³-hybridized carbons (Fsp3) is 0.562. The van der Waals surface area contributed by atoms with E-state index in [4.69, 9.17) is 5.26 Å². The quantitative estimate of drug-likeness (QED) is 0.840. The van der Waals surface area contributed by atoms with Crippen molar-refractivity contribution in [2.24, 2.45) is 5.41 Å². The Balaban J connectivity index is 1.98. The Bertz CT molecular complexity index is 660. The number of carbonyl (C=O) groups is 1. The SMILES string of the molecule is CC1(C(F)F)CCCN2CCC(c3cncc(C#N)c3)N2C1=O. The van der Waals surface area contributed by atoms with Crippen molar-refractivity contribution in [3.8, 4) is 6.07 Å². The lowest BCUT2D eigenvalue weighted by atomic mass is 9.84. The zero-order valence-electron chi connectivity index (χ0n) is 12.9. The van der Waals surface area contributed by atoms with Gasteiger partial charge in [0.2, 0.25) is 5.91 Å². The molecule has 0 aliphatic carbocycles. The molecular weight excluding hydrogens is 302 g/mol. The van der Waals surface area contributed by atoms with Gasteiger partial charge in [-0.1, -0.05) is 0 Å². The van der Waals surface area contributed by atoms with Crippen LogP contribution in [-0.4, -0.2) is 40.4 Å². The minimum absolute atomic E-state index is 0.180. The summed E-state index contributed by atoms with van der Waals surface area (Å²) < 4.78 is 27.0. The number of carbonyl (C=O) groups excluding carboxylic acids is 1. The van der Waals surface area contributed by atoms with Gasteiger partial charge in [-0.15, -0.1) is 0 Å². The predicted molar refractivity (Wildman–Crippen MR) is 78.1 cm³/mol. The molecule has 0 N–H and O–H groups in total. The molecule has 0 bridgehead atoms. The molecule has 1 aromatic heterocycles. The third-order valence-corrected chi connectivity index (χ3v) is 4.82. The number of hydrogen-bond acceptors (Lipinski definition) is 4. The van der Waals surface area contributed by atoms with Crippen LogP contribution >= 0.6 is 0 Å². The minimum atomic E-state index is -2.69. The van der Waals surface area contributed by atoms with Crippen LogP contribution in [0.2, 0.25) is 0 Å². The van der Waals surface area contributed by atoms with E-state index in [9.17, 15) is 13.6 Å². The van der Waals surface area contributed by atoms with Gasteiger partial charge in [-0.2, -0.15) is 5.26 Å². The molecule has 1 aromatic rings. The number of pyridine rings is 1. The molecule has 1 amide bonds. The van der Waals surface area contributed by atoms with E-state index in [1.807, 2.05) is 11.1 Å². The largest absolute Gasteiger partial charge is 0.273 e. The second-order valence-electron chi connectivity index (χ2n) is 6.35. The molecule has 0 radical (unpaired) electrons. The maximum atomic E-state index is 13.5. The summed E-state index contributed by atoms with van der Waals surface area (Å²) in [4.78, 5) is 16.9. The van der Waals surface area contributed by atoms with Crippen molar-refractivity contribution in [1.82, 2.24) is 15.0 Å². The molecule has 3 rings (SSSR count). The van der Waals surface area contributed by atoms with Gasteiger partial charge in [0.1, 0.15) is 11.5 Å². The number of alkyl halides is 2. The summed E-state index contributed by atoms with van der Waals surface area (Å²) in [5.74, 6) is -0.533. The van der Waals surface area contributed by atoms with E-state index in [2.05, 4.69) is 4.98 Å². The van der Waals surface area contributed by atoms with E-state index < -0.39 is 17.7 Å². The van der Waals surface area contributed by atoms with Crippen LogP contribution in [0.25, 0.3) is 0 Å². The number of hydrazine groups is 1. The highest BCUT2D eigenvalue weighted by atomic mass is 19.3. The van der Waals surface area contributed by atoms with Crippen molar-refractivity contribution in [3.63, 3.8) is 0 Å². The minimum Gasteiger partial charge on any atom is -0.273 e. The lowest BCUT2D eigenvalue weighted by molar-refractivity contribution is -0.164. The van der Waals surface area contributed by atoms with Gasteiger partial charge in [0, 0.05) is 25.5 Å². The van der Waals surface area contributed by atoms with Crippen molar-refractivity contribution < 1.29 is 13.6 Å². The van der Waals surface area contributed by atoms with E-state index in [1.165, 1.54) is 18.1 Å². The van der Waals surface area contributed by atoms with Gasteiger partial charge < -0.3 is 0 Å². The number of nitriles is 1. The number of rotatable bonds is 2. The van der Waals surface area contributed by atoms with E-state index in [-0.39, 0.29) is 12.5 Å². The first kappa shape index (κ1) is 15.8. The predicted octanol–water partition coefficient (Wildman–Crippen LogP) is 2.51. The van der Waals surface area contributed by atoms with Gasteiger partial charge in [-0.05, 0) is 37.8 Å². The van der Waals surface area contributed by atoms with Gasteiger partial charge in [0.05, 0.1) is 11.6 Å². The third kappa shape index (κ3) is 2.57. The molecule has 0 spiro atoms. The van der Waals surface area contributed by atoms with Crippen molar-refractivity contribution in [2.75, 3.05) is 13.1 Å². The van der Waals surface area contributed by atoms with Crippen molar-refractivity contribution in [2.45, 2.75) is 38.7 Å². The smallest absolute Gasteiger partial charge is 0.252 e. The zero-order chi connectivity index (χ0) is 16.6. The molecule has 2 saturated heterocycles. The highest BCUT2D eigenvalue weighted by Gasteiger charge is 2.51. The zero-order valence-corrected chi connectivity index (χ0v) is 12.9. The summed E-state index contributed by atoms with van der Waals surface area (Å²) >= 11 is 0. The number of fused-ring (bicyclic) bond motifs is 1. The van der Waals surface area contributed by atoms with Crippen LogP contribution in [0.5, 0.6) is 0 Å². The first-order valence-corrected chi connectivity index (χ1v) is 7.69. The first-order chi connectivity index (χ1) is 11.0. The lowest BCUT2D eigenvalue weighted by Crippen LogP contribution is -2.49. The van der Waals surface area contributed by atoms with E-state index in [0.717, 1.165) is 5.56 Å². The Morgan fingerprint density at radius 3 is 2.91 bits per heavy atom. The van der Waals surface area contributed by atoms with Crippen molar-refractivity contribution in [1.29, 1.82) is 5.26 Å². The summed E-state index contributed by atoms with van der Waals surface area (Å²) in [6.45, 7) is 2.59. The molecule has 2 fully saturated rings. The molecule has 2 atom stereocenters. The van der Waals surface area contributed by atoms with Gasteiger partial charge in [0.25, 0.3) is 6.43 Å². The van der Waals surface area contributed by atoms with Crippen LogP contribution in [0.1, 0.15) is 43.4 Å². The van der Waals surface area contributed by atoms with Crippen molar-refractivity contribution in [3.05, 3.63) is 29.6 Å². The van der Waals surface area contributed by atoms with Crippen LogP contribution in [-0.2, 0) is 4.79 Å². The van der Waals surface area contributed by atoms with E-state index in [0.29, 0.717) is 31.5 Å². The molecule has 122 valence electrons. The molecule has 2 unspecified atom stereocenters. The fourth-order valence-corrected chi connectivity index (χ4v) is 3.40. The molecular formula is C16H18F2N4O. The number of halogens is 2. The summed E-state index contributed by atoms with van der Waals surface area (Å²) in [5, 5.41) is 12.4. The number of aromatic nitrogens is 1.